The third kappa shape index (κ3) is 3.59. The second-order valence-corrected chi connectivity index (χ2v) is 5.92. The molecule has 2 N–H and O–H groups in total. The number of amides is 1. The van der Waals surface area contributed by atoms with Gasteiger partial charge in [-0.1, -0.05) is 0 Å². The summed E-state index contributed by atoms with van der Waals surface area (Å²) in [6, 6.07) is 13.0. The smallest absolute Gasteiger partial charge is 0.261 e. The Hall–Kier alpha value is -3.15. The van der Waals surface area contributed by atoms with E-state index in [0.29, 0.717) is 16.6 Å². The summed E-state index contributed by atoms with van der Waals surface area (Å²) in [5, 5.41) is 3.32. The van der Waals surface area contributed by atoms with Crippen LogP contribution in [0.5, 0.6) is 0 Å². The van der Waals surface area contributed by atoms with Crippen LogP contribution in [0.2, 0.25) is 0 Å². The van der Waals surface area contributed by atoms with E-state index in [0.717, 1.165) is 18.8 Å². The van der Waals surface area contributed by atoms with Gasteiger partial charge in [-0.15, -0.1) is 0 Å². The molecular weight excluding hydrogens is 333 g/mol. The number of anilines is 2. The summed E-state index contributed by atoms with van der Waals surface area (Å²) in [5.74, 6) is -0.952. The summed E-state index contributed by atoms with van der Waals surface area (Å²) in [5.41, 5.74) is 1.45. The van der Waals surface area contributed by atoms with E-state index in [2.05, 4.69) is 29.0 Å². The topological polar surface area (TPSA) is 65.2 Å². The molecule has 0 aliphatic carbocycles. The van der Waals surface area contributed by atoms with Gasteiger partial charge in [-0.05, 0) is 67.8 Å². The number of carbonyl (C=O) groups excluding carboxylic acids is 1. The van der Waals surface area contributed by atoms with Crippen LogP contribution in [-0.2, 0) is 0 Å². The fourth-order valence-corrected chi connectivity index (χ4v) is 2.88. The predicted octanol–water partition coefficient (Wildman–Crippen LogP) is 3.77. The number of benzene rings is 2. The van der Waals surface area contributed by atoms with E-state index in [9.17, 15) is 14.0 Å². The Morgan fingerprint density at radius 1 is 1.08 bits per heavy atom. The van der Waals surface area contributed by atoms with E-state index in [1.54, 1.807) is 12.1 Å². The molecule has 0 fully saturated rings. The Kier molecular flexibility index (Phi) is 5.02. The number of carbonyl (C=O) groups is 1. The summed E-state index contributed by atoms with van der Waals surface area (Å²) in [6.07, 6.45) is 0. The minimum Gasteiger partial charge on any atom is -0.372 e. The summed E-state index contributed by atoms with van der Waals surface area (Å²) in [4.78, 5) is 29.3. The molecule has 0 aliphatic rings. The summed E-state index contributed by atoms with van der Waals surface area (Å²) in [6.45, 7) is 5.96. The molecule has 1 aromatic heterocycles. The molecule has 2 aromatic carbocycles. The van der Waals surface area contributed by atoms with E-state index in [1.807, 2.05) is 12.1 Å². The van der Waals surface area contributed by atoms with Crippen molar-refractivity contribution in [1.82, 2.24) is 4.98 Å². The molecule has 0 radical (unpaired) electrons. The number of hydrogen-bond acceptors (Lipinski definition) is 3. The quantitative estimate of drug-likeness (QED) is 0.734. The molecule has 3 rings (SSSR count). The zero-order chi connectivity index (χ0) is 18.7. The van der Waals surface area contributed by atoms with Crippen LogP contribution in [0.4, 0.5) is 15.8 Å². The lowest BCUT2D eigenvalue weighted by molar-refractivity contribution is 0.102. The van der Waals surface area contributed by atoms with Crippen molar-refractivity contribution in [3.63, 3.8) is 0 Å². The van der Waals surface area contributed by atoms with Crippen molar-refractivity contribution in [3.8, 4) is 0 Å². The van der Waals surface area contributed by atoms with Crippen molar-refractivity contribution in [3.05, 3.63) is 70.3 Å². The number of aromatic amines is 1. The van der Waals surface area contributed by atoms with Gasteiger partial charge in [0.1, 0.15) is 11.4 Å². The zero-order valence-electron chi connectivity index (χ0n) is 14.7. The number of rotatable bonds is 5. The first-order chi connectivity index (χ1) is 12.5. The Balaban J connectivity index is 1.84. The minimum atomic E-state index is -0.555. The zero-order valence-corrected chi connectivity index (χ0v) is 14.7. The van der Waals surface area contributed by atoms with Gasteiger partial charge in [-0.25, -0.2) is 4.39 Å². The Bertz CT molecular complexity index is 992. The van der Waals surface area contributed by atoms with Gasteiger partial charge in [0.2, 0.25) is 0 Å². The molecule has 6 heteroatoms. The van der Waals surface area contributed by atoms with Crippen LogP contribution in [0.25, 0.3) is 10.9 Å². The Morgan fingerprint density at radius 2 is 1.77 bits per heavy atom. The van der Waals surface area contributed by atoms with E-state index in [4.69, 9.17) is 0 Å². The first-order valence-corrected chi connectivity index (χ1v) is 8.50. The van der Waals surface area contributed by atoms with Crippen molar-refractivity contribution in [2.45, 2.75) is 13.8 Å². The Morgan fingerprint density at radius 3 is 2.42 bits per heavy atom. The maximum Gasteiger partial charge on any atom is 0.261 e. The number of halogens is 1. The first kappa shape index (κ1) is 17.7. The SMILES string of the molecule is CCN(CC)c1ccc(NC(=O)c2cc3ccc(F)cc3[nH]c2=O)cc1. The van der Waals surface area contributed by atoms with Crippen LogP contribution in [0.15, 0.2) is 53.3 Å². The molecule has 0 spiro atoms. The number of fused-ring (bicyclic) bond motifs is 1. The highest BCUT2D eigenvalue weighted by atomic mass is 19.1. The molecule has 134 valence electrons. The highest BCUT2D eigenvalue weighted by molar-refractivity contribution is 6.05. The average Bonchev–Trinajstić information content (AvgIpc) is 2.63. The second kappa shape index (κ2) is 7.39. The van der Waals surface area contributed by atoms with Crippen molar-refractivity contribution in [1.29, 1.82) is 0 Å². The van der Waals surface area contributed by atoms with Crippen molar-refractivity contribution < 1.29 is 9.18 Å². The van der Waals surface area contributed by atoms with Crippen molar-refractivity contribution in [2.24, 2.45) is 0 Å². The molecule has 5 nitrogen and oxygen atoms in total. The van der Waals surface area contributed by atoms with Crippen LogP contribution in [-0.4, -0.2) is 24.0 Å². The number of hydrogen-bond donors (Lipinski definition) is 2. The van der Waals surface area contributed by atoms with Crippen LogP contribution >= 0.6 is 0 Å². The number of aromatic nitrogens is 1. The average molecular weight is 353 g/mol. The van der Waals surface area contributed by atoms with Crippen molar-refractivity contribution in [2.75, 3.05) is 23.3 Å². The number of H-pyrrole nitrogens is 1. The molecule has 0 saturated carbocycles. The summed E-state index contributed by atoms with van der Waals surface area (Å²) >= 11 is 0. The van der Waals surface area contributed by atoms with Gasteiger partial charge in [-0.3, -0.25) is 9.59 Å². The summed E-state index contributed by atoms with van der Waals surface area (Å²) < 4.78 is 13.3. The molecule has 3 aromatic rings. The lowest BCUT2D eigenvalue weighted by Crippen LogP contribution is -2.23. The second-order valence-electron chi connectivity index (χ2n) is 5.92. The third-order valence-corrected chi connectivity index (χ3v) is 4.31. The fourth-order valence-electron chi connectivity index (χ4n) is 2.88. The molecule has 1 heterocycles. The van der Waals surface area contributed by atoms with Gasteiger partial charge in [0.15, 0.2) is 0 Å². The molecule has 0 bridgehead atoms. The van der Waals surface area contributed by atoms with Crippen LogP contribution in [0.1, 0.15) is 24.2 Å². The first-order valence-electron chi connectivity index (χ1n) is 8.50. The van der Waals surface area contributed by atoms with Gasteiger partial charge in [0.05, 0.1) is 5.52 Å². The number of nitrogens with zero attached hydrogens (tertiary/aromatic N) is 1. The predicted molar refractivity (Wildman–Crippen MR) is 102 cm³/mol. The molecule has 0 atom stereocenters. The van der Waals surface area contributed by atoms with Gasteiger partial charge in [-0.2, -0.15) is 0 Å². The fraction of sp³-hybridized carbons (Fsp3) is 0.200. The highest BCUT2D eigenvalue weighted by Crippen LogP contribution is 2.18. The lowest BCUT2D eigenvalue weighted by atomic mass is 10.1. The standard InChI is InChI=1S/C20H20FN3O2/c1-3-24(4-2)16-9-7-15(8-10-16)22-19(25)17-11-13-5-6-14(21)12-18(13)23-20(17)26/h5-12H,3-4H2,1-2H3,(H,22,25)(H,23,26). The Labute approximate surface area is 150 Å². The number of pyridine rings is 1. The van der Waals surface area contributed by atoms with E-state index in [1.165, 1.54) is 24.3 Å². The molecule has 0 unspecified atom stereocenters. The van der Waals surface area contributed by atoms with Gasteiger partial charge in [0.25, 0.3) is 11.5 Å². The van der Waals surface area contributed by atoms with Gasteiger partial charge < -0.3 is 15.2 Å². The van der Waals surface area contributed by atoms with E-state index in [-0.39, 0.29) is 5.56 Å². The summed E-state index contributed by atoms with van der Waals surface area (Å²) in [7, 11) is 0. The number of nitrogens with one attached hydrogen (secondary N) is 2. The molecule has 26 heavy (non-hydrogen) atoms. The molecule has 1 amide bonds. The van der Waals surface area contributed by atoms with E-state index < -0.39 is 17.3 Å². The lowest BCUT2D eigenvalue weighted by Gasteiger charge is -2.21. The minimum absolute atomic E-state index is 0.0167. The van der Waals surface area contributed by atoms with Gasteiger partial charge in [0, 0.05) is 24.5 Å². The monoisotopic (exact) mass is 353 g/mol. The maximum atomic E-state index is 13.3. The highest BCUT2D eigenvalue weighted by Gasteiger charge is 2.13. The van der Waals surface area contributed by atoms with Crippen LogP contribution in [0.3, 0.4) is 0 Å². The van der Waals surface area contributed by atoms with E-state index >= 15 is 0 Å². The molecular formula is C20H20FN3O2. The molecule has 0 aliphatic heterocycles. The largest absolute Gasteiger partial charge is 0.372 e. The molecule has 0 saturated heterocycles. The third-order valence-electron chi connectivity index (χ3n) is 4.31. The van der Waals surface area contributed by atoms with Crippen molar-refractivity contribution >= 4 is 28.2 Å². The van der Waals surface area contributed by atoms with Crippen LogP contribution in [0, 0.1) is 5.82 Å². The van der Waals surface area contributed by atoms with Gasteiger partial charge >= 0.3 is 0 Å². The normalized spacial score (nSPS) is 10.7. The van der Waals surface area contributed by atoms with Crippen LogP contribution < -0.4 is 15.8 Å². The maximum absolute atomic E-state index is 13.3.